The molecule has 1 aromatic carbocycles. The van der Waals surface area contributed by atoms with Crippen LogP contribution in [0.15, 0.2) is 24.3 Å². The number of rotatable bonds is 4. The van der Waals surface area contributed by atoms with E-state index in [-0.39, 0.29) is 0 Å². The van der Waals surface area contributed by atoms with Gasteiger partial charge in [0.2, 0.25) is 0 Å². The van der Waals surface area contributed by atoms with Crippen LogP contribution in [-0.2, 0) is 6.42 Å². The minimum Gasteiger partial charge on any atom is -0.317 e. The van der Waals surface area contributed by atoms with E-state index in [0.29, 0.717) is 0 Å². The first-order chi connectivity index (χ1) is 10.4. The Labute approximate surface area is 130 Å². The molecule has 1 saturated carbocycles. The van der Waals surface area contributed by atoms with Crippen molar-refractivity contribution in [2.45, 2.75) is 76.2 Å². The third-order valence-corrected chi connectivity index (χ3v) is 5.87. The molecular weight excluding hydrogens is 254 g/mol. The van der Waals surface area contributed by atoms with E-state index < -0.39 is 0 Å². The van der Waals surface area contributed by atoms with Crippen molar-refractivity contribution in [2.75, 3.05) is 7.05 Å². The number of aryl methyl sites for hydroxylation is 1. The third kappa shape index (κ3) is 3.69. The molecule has 0 spiro atoms. The molecule has 2 unspecified atom stereocenters. The van der Waals surface area contributed by atoms with Crippen molar-refractivity contribution < 1.29 is 0 Å². The molecule has 0 aliphatic heterocycles. The average Bonchev–Trinajstić information content (AvgIpc) is 2.82. The predicted octanol–water partition coefficient (Wildman–Crippen LogP) is 5.06. The summed E-state index contributed by atoms with van der Waals surface area (Å²) in [5, 5.41) is 3.68. The second-order valence-corrected chi connectivity index (χ2v) is 7.17. The fraction of sp³-hybridized carbons (Fsp3) is 0.700. The van der Waals surface area contributed by atoms with Crippen LogP contribution in [0.4, 0.5) is 0 Å². The minimum absolute atomic E-state index is 0.722. The summed E-state index contributed by atoms with van der Waals surface area (Å²) < 4.78 is 0. The van der Waals surface area contributed by atoms with Crippen LogP contribution in [0, 0.1) is 5.92 Å². The maximum Gasteiger partial charge on any atom is 0.00981 e. The molecule has 1 nitrogen and oxygen atoms in total. The van der Waals surface area contributed by atoms with Gasteiger partial charge in [-0.25, -0.2) is 0 Å². The summed E-state index contributed by atoms with van der Waals surface area (Å²) in [6.07, 6.45) is 14.1. The zero-order valence-corrected chi connectivity index (χ0v) is 13.6. The van der Waals surface area contributed by atoms with Crippen LogP contribution < -0.4 is 5.32 Å². The van der Waals surface area contributed by atoms with E-state index in [0.717, 1.165) is 17.9 Å². The molecule has 1 N–H and O–H groups in total. The third-order valence-electron chi connectivity index (χ3n) is 5.87. The van der Waals surface area contributed by atoms with E-state index >= 15 is 0 Å². The van der Waals surface area contributed by atoms with Crippen molar-refractivity contribution in [3.05, 3.63) is 35.4 Å². The van der Waals surface area contributed by atoms with Gasteiger partial charge in [0.25, 0.3) is 0 Å². The highest BCUT2D eigenvalue weighted by atomic mass is 14.9. The fourth-order valence-electron chi connectivity index (χ4n) is 4.67. The SMILES string of the molecule is CNC(CC1CCCc2ccccc21)C1CCCCCC1. The van der Waals surface area contributed by atoms with Crippen molar-refractivity contribution in [1.82, 2.24) is 5.32 Å². The van der Waals surface area contributed by atoms with Crippen LogP contribution in [0.3, 0.4) is 0 Å². The topological polar surface area (TPSA) is 12.0 Å². The van der Waals surface area contributed by atoms with Gasteiger partial charge in [0.05, 0.1) is 0 Å². The van der Waals surface area contributed by atoms with E-state index in [4.69, 9.17) is 0 Å². The van der Waals surface area contributed by atoms with Gasteiger partial charge in [0, 0.05) is 6.04 Å². The second kappa shape index (κ2) is 7.45. The molecule has 1 fully saturated rings. The maximum atomic E-state index is 3.68. The van der Waals surface area contributed by atoms with Crippen molar-refractivity contribution in [2.24, 2.45) is 5.92 Å². The van der Waals surface area contributed by atoms with Crippen LogP contribution in [0.2, 0.25) is 0 Å². The molecule has 2 aliphatic rings. The van der Waals surface area contributed by atoms with Crippen LogP contribution in [-0.4, -0.2) is 13.1 Å². The van der Waals surface area contributed by atoms with Gasteiger partial charge in [0.15, 0.2) is 0 Å². The average molecular weight is 285 g/mol. The van der Waals surface area contributed by atoms with Gasteiger partial charge in [-0.05, 0) is 68.5 Å². The van der Waals surface area contributed by atoms with Crippen molar-refractivity contribution in [3.8, 4) is 0 Å². The van der Waals surface area contributed by atoms with E-state index in [2.05, 4.69) is 36.6 Å². The van der Waals surface area contributed by atoms with Crippen molar-refractivity contribution >= 4 is 0 Å². The van der Waals surface area contributed by atoms with Crippen LogP contribution in [0.5, 0.6) is 0 Å². The number of benzene rings is 1. The molecule has 21 heavy (non-hydrogen) atoms. The highest BCUT2D eigenvalue weighted by Gasteiger charge is 2.27. The fourth-order valence-corrected chi connectivity index (χ4v) is 4.67. The zero-order chi connectivity index (χ0) is 14.5. The molecule has 0 aromatic heterocycles. The maximum absolute atomic E-state index is 3.68. The Morgan fingerprint density at radius 2 is 1.76 bits per heavy atom. The highest BCUT2D eigenvalue weighted by molar-refractivity contribution is 5.32. The number of nitrogens with one attached hydrogen (secondary N) is 1. The lowest BCUT2D eigenvalue weighted by Gasteiger charge is -2.32. The summed E-state index contributed by atoms with van der Waals surface area (Å²) in [6.45, 7) is 0. The molecule has 3 rings (SSSR count). The van der Waals surface area contributed by atoms with E-state index in [1.165, 1.54) is 64.2 Å². The van der Waals surface area contributed by atoms with Gasteiger partial charge in [-0.15, -0.1) is 0 Å². The first kappa shape index (κ1) is 15.1. The van der Waals surface area contributed by atoms with Gasteiger partial charge in [0.1, 0.15) is 0 Å². The van der Waals surface area contributed by atoms with Crippen LogP contribution >= 0.6 is 0 Å². The first-order valence-electron chi connectivity index (χ1n) is 9.13. The molecule has 1 aromatic rings. The highest BCUT2D eigenvalue weighted by Crippen LogP contribution is 2.37. The first-order valence-corrected chi connectivity index (χ1v) is 9.13. The Bertz CT molecular complexity index is 431. The molecule has 0 heterocycles. The van der Waals surface area contributed by atoms with Gasteiger partial charge in [-0.1, -0.05) is 49.9 Å². The Morgan fingerprint density at radius 3 is 2.52 bits per heavy atom. The Morgan fingerprint density at radius 1 is 1.00 bits per heavy atom. The number of hydrogen-bond donors (Lipinski definition) is 1. The van der Waals surface area contributed by atoms with E-state index in [9.17, 15) is 0 Å². The van der Waals surface area contributed by atoms with Crippen LogP contribution in [0.25, 0.3) is 0 Å². The normalized spacial score (nSPS) is 25.1. The molecule has 0 radical (unpaired) electrons. The summed E-state index contributed by atoms with van der Waals surface area (Å²) in [7, 11) is 2.18. The van der Waals surface area contributed by atoms with Gasteiger partial charge < -0.3 is 5.32 Å². The lowest BCUT2D eigenvalue weighted by atomic mass is 9.76. The van der Waals surface area contributed by atoms with Crippen molar-refractivity contribution in [1.29, 1.82) is 0 Å². The molecule has 1 heteroatoms. The van der Waals surface area contributed by atoms with Gasteiger partial charge >= 0.3 is 0 Å². The number of hydrogen-bond acceptors (Lipinski definition) is 1. The number of fused-ring (bicyclic) bond motifs is 1. The van der Waals surface area contributed by atoms with Crippen molar-refractivity contribution in [3.63, 3.8) is 0 Å². The predicted molar refractivity (Wildman–Crippen MR) is 90.8 cm³/mol. The monoisotopic (exact) mass is 285 g/mol. The Kier molecular flexibility index (Phi) is 5.35. The van der Waals surface area contributed by atoms with E-state index in [1.54, 1.807) is 11.1 Å². The molecule has 2 aliphatic carbocycles. The summed E-state index contributed by atoms with van der Waals surface area (Å²) in [5.41, 5.74) is 3.27. The standard InChI is InChI=1S/C20H31N/c1-21-20(17-10-4-2-3-5-11-17)15-18-13-8-12-16-9-6-7-14-19(16)18/h6-7,9,14,17-18,20-21H,2-5,8,10-13,15H2,1H3. The van der Waals surface area contributed by atoms with E-state index in [1.807, 2.05) is 0 Å². The molecule has 2 atom stereocenters. The minimum atomic E-state index is 0.722. The lowest BCUT2D eigenvalue weighted by molar-refractivity contribution is 0.295. The summed E-state index contributed by atoms with van der Waals surface area (Å²) in [4.78, 5) is 0. The summed E-state index contributed by atoms with van der Waals surface area (Å²) in [6, 6.07) is 9.90. The Hall–Kier alpha value is -0.820. The quantitative estimate of drug-likeness (QED) is 0.763. The summed E-state index contributed by atoms with van der Waals surface area (Å²) in [5.74, 6) is 1.70. The zero-order valence-electron chi connectivity index (χ0n) is 13.6. The lowest BCUT2D eigenvalue weighted by Crippen LogP contribution is -2.35. The molecule has 116 valence electrons. The second-order valence-electron chi connectivity index (χ2n) is 7.17. The van der Waals surface area contributed by atoms with Crippen LogP contribution in [0.1, 0.15) is 74.8 Å². The molecule has 0 saturated heterocycles. The van der Waals surface area contributed by atoms with Gasteiger partial charge in [-0.3, -0.25) is 0 Å². The smallest absolute Gasteiger partial charge is 0.00981 e. The Balaban J connectivity index is 1.69. The summed E-state index contributed by atoms with van der Waals surface area (Å²) >= 11 is 0. The molecule has 0 amide bonds. The largest absolute Gasteiger partial charge is 0.317 e. The molecule has 0 bridgehead atoms. The van der Waals surface area contributed by atoms with Gasteiger partial charge in [-0.2, -0.15) is 0 Å². The molecular formula is C20H31N.